The second-order valence-electron chi connectivity index (χ2n) is 32.4. The number of amides is 4. The summed E-state index contributed by atoms with van der Waals surface area (Å²) in [7, 11) is -13.7. The highest BCUT2D eigenvalue weighted by molar-refractivity contribution is 7.93. The van der Waals surface area contributed by atoms with E-state index in [-0.39, 0.29) is 66.7 Å². The van der Waals surface area contributed by atoms with Gasteiger partial charge in [-0.1, -0.05) is 107 Å². The predicted octanol–water partition coefficient (Wildman–Crippen LogP) is 20.8. The Bertz CT molecular complexity index is 7530. The number of sulfonamides is 4. The summed E-state index contributed by atoms with van der Waals surface area (Å²) in [6, 6.07) is 71.3. The number of carbonyl (C=O) groups excluding carboxylic acids is 4. The molecule has 10 aromatic carbocycles. The normalized spacial score (nSPS) is 15.2. The van der Waals surface area contributed by atoms with Gasteiger partial charge in [-0.3, -0.25) is 46.4 Å². The monoisotopic (exact) mass is 2000 g/mol. The zero-order chi connectivity index (χ0) is 96.6. The number of benzene rings is 10. The molecule has 28 nitrogen and oxygen atoms in total. The van der Waals surface area contributed by atoms with Crippen LogP contribution in [0.3, 0.4) is 0 Å². The summed E-state index contributed by atoms with van der Waals surface area (Å²) < 4.78 is 133. The van der Waals surface area contributed by atoms with Crippen LogP contribution in [0.2, 0.25) is 20.1 Å². The fourth-order valence-corrected chi connectivity index (χ4v) is 23.4. The summed E-state index contributed by atoms with van der Waals surface area (Å²) >= 11 is 25.6. The first-order valence-corrected chi connectivity index (χ1v) is 51.5. The number of nitrogens with one attached hydrogen (secondary N) is 4. The van der Waals surface area contributed by atoms with Gasteiger partial charge in [-0.05, 0) is 245 Å². The van der Waals surface area contributed by atoms with E-state index >= 15 is 0 Å². The molecule has 0 atom stereocenters. The predicted molar refractivity (Wildman–Crippen MR) is 539 cm³/mol. The summed E-state index contributed by atoms with van der Waals surface area (Å²) in [5.74, 6) is -2.46. The van der Waals surface area contributed by atoms with Crippen LogP contribution in [0.15, 0.2) is 280 Å². The minimum absolute atomic E-state index is 0.0358. The molecule has 0 saturated carbocycles. The van der Waals surface area contributed by atoms with Crippen molar-refractivity contribution < 1.29 is 61.6 Å². The number of rotatable bonds is 16. The Morgan fingerprint density at radius 3 is 1.09 bits per heavy atom. The SMILES string of the molecule is O=C(Nc1ccc(Cl)c(-c2ccc3ncccc3n2)c1)c1ccc(N2CCCCS2(=O)=O)cc1Cl.O=C(Nc1ccc(Cl)c(-c2ncc3ccccc3n2)c1)c1ccc(N2CCCCS2(=O)=O)cc1Cl.O=C(Nc1cccc(-c2ccc3ncccc3n2)c1)c1ccc(N2CCCCS2(=O)=O)cc1F.O=C(Nc1cccc(-c2ncc3ccccc3n2)c1)c1ccc(N2CCCCS2(=O)=O)cc1F. The van der Waals surface area contributed by atoms with E-state index in [4.69, 9.17) is 46.4 Å². The fraction of sp³-hybridized carbons (Fsp3) is 0.160. The Hall–Kier alpha value is -14.1. The van der Waals surface area contributed by atoms with Crippen molar-refractivity contribution in [2.24, 2.45) is 0 Å². The highest BCUT2D eigenvalue weighted by atomic mass is 35.5. The summed E-state index contributed by atoms with van der Waals surface area (Å²) in [4.78, 5) is 87.2. The maximum Gasteiger partial charge on any atom is 0.258 e. The third-order valence-electron chi connectivity index (χ3n) is 23.0. The van der Waals surface area contributed by atoms with E-state index < -0.39 is 75.4 Å². The van der Waals surface area contributed by atoms with E-state index in [0.29, 0.717) is 143 Å². The maximum absolute atomic E-state index is 14.8. The number of carbonyl (C=O) groups is 4. The van der Waals surface area contributed by atoms with Gasteiger partial charge in [-0.2, -0.15) is 0 Å². The average Bonchev–Trinajstić information content (AvgIpc) is 0.794. The quantitative estimate of drug-likeness (QED) is 0.0698. The first kappa shape index (κ1) is 95.6. The van der Waals surface area contributed by atoms with Crippen molar-refractivity contribution in [3.63, 3.8) is 0 Å². The molecule has 0 spiro atoms. The molecule has 4 aliphatic heterocycles. The number of aromatic nitrogens is 8. The molecular weight excluding hydrogens is 1930 g/mol. The number of hydrogen-bond acceptors (Lipinski definition) is 20. The summed E-state index contributed by atoms with van der Waals surface area (Å²) in [5.41, 5.74) is 12.2. The zero-order valence-corrected chi connectivity index (χ0v) is 79.3. The second kappa shape index (κ2) is 41.5. The Morgan fingerprint density at radius 2 is 0.652 bits per heavy atom. The lowest BCUT2D eigenvalue weighted by molar-refractivity contribution is 0.101. The number of para-hydroxylation sites is 2. The van der Waals surface area contributed by atoms with Crippen LogP contribution in [0.1, 0.15) is 92.8 Å². The largest absolute Gasteiger partial charge is 0.322 e. The summed E-state index contributed by atoms with van der Waals surface area (Å²) in [5, 5.41) is 14.2. The van der Waals surface area contributed by atoms with Crippen LogP contribution in [0.25, 0.3) is 89.2 Å². The lowest BCUT2D eigenvalue weighted by atomic mass is 10.1. The molecule has 4 fully saturated rings. The standard InChI is InChI=1S/2C25H20Cl2N4O3S.2C25H21FN4O3S/c26-20-8-5-16(14-19(20)22-9-10-23-24(30-22)4-3-11-28-23)29-25(32)18-7-6-17(15-21(18)27)31-12-1-2-13-35(31,33)34;26-21-10-7-17(13-20(21)24-28-15-16-5-1-2-6-23(16)30-24)29-25(32)19-9-8-18(14-22(19)27)31-11-3-4-12-35(31,33)34;26-21-16-19(30-13-1-2-14-34(30,32)33)8-9-20(21)25(31)28-18-6-3-5-17(15-18)22-10-11-23-24(29-22)7-4-12-27-23;26-22-15-20(30-12-3-4-13-34(30,32)33)10-11-21(22)25(31)28-19-8-5-7-17(14-19)24-27-16-18-6-1-2-9-23(18)29-24/h3-11,14-15H,1-2,12-13H2,(H,29,32);1-2,5-10,13-15H,3-4,11-12H2,(H,29,32);3-12,15-16H,1-2,13-14H2,(H,28,31);1-2,5-11,14-16H,3-4,12-13H2,(H,28,31). The van der Waals surface area contributed by atoms with Crippen LogP contribution in [0, 0.1) is 11.6 Å². The molecule has 0 radical (unpaired) electrons. The van der Waals surface area contributed by atoms with Gasteiger partial charge in [-0.15, -0.1) is 0 Å². The van der Waals surface area contributed by atoms with Gasteiger partial charge >= 0.3 is 0 Å². The van der Waals surface area contributed by atoms with Crippen molar-refractivity contribution >= 4 is 199 Å². The van der Waals surface area contributed by atoms with Crippen LogP contribution in [0.4, 0.5) is 54.3 Å². The van der Waals surface area contributed by atoms with E-state index in [1.807, 2.05) is 109 Å². The molecule has 0 bridgehead atoms. The van der Waals surface area contributed by atoms with E-state index in [2.05, 4.69) is 61.1 Å². The van der Waals surface area contributed by atoms with E-state index in [1.165, 1.54) is 65.8 Å². The third-order valence-corrected chi connectivity index (χ3v) is 31.8. The first-order chi connectivity index (χ1) is 66.4. The van der Waals surface area contributed by atoms with Crippen LogP contribution >= 0.6 is 46.4 Å². The smallest absolute Gasteiger partial charge is 0.258 e. The number of anilines is 8. The Balaban J connectivity index is 0.000000127. The highest BCUT2D eigenvalue weighted by Gasteiger charge is 2.33. The maximum atomic E-state index is 14.8. The Kier molecular flexibility index (Phi) is 28.7. The van der Waals surface area contributed by atoms with Crippen LogP contribution < -0.4 is 38.5 Å². The Morgan fingerprint density at radius 1 is 0.290 bits per heavy atom. The zero-order valence-electron chi connectivity index (χ0n) is 73.0. The lowest BCUT2D eigenvalue weighted by Gasteiger charge is -2.28. The van der Waals surface area contributed by atoms with Crippen molar-refractivity contribution in [1.29, 1.82) is 0 Å². The molecule has 4 saturated heterocycles. The molecule has 0 unspecified atom stereocenters. The van der Waals surface area contributed by atoms with Crippen molar-refractivity contribution in [3.8, 4) is 45.3 Å². The Labute approximate surface area is 812 Å². The molecule has 138 heavy (non-hydrogen) atoms. The first-order valence-electron chi connectivity index (χ1n) is 43.6. The number of nitrogens with zero attached hydrogens (tertiary/aromatic N) is 12. The molecule has 10 heterocycles. The highest BCUT2D eigenvalue weighted by Crippen LogP contribution is 2.38. The number of pyridine rings is 4. The number of hydrogen-bond donors (Lipinski definition) is 4. The van der Waals surface area contributed by atoms with Crippen molar-refractivity contribution in [2.45, 2.75) is 51.4 Å². The average molecular weight is 2010 g/mol. The van der Waals surface area contributed by atoms with Gasteiger partial charge in [0, 0.05) is 107 Å². The fourth-order valence-electron chi connectivity index (χ4n) is 16.0. The van der Waals surface area contributed by atoms with Crippen LogP contribution in [0.5, 0.6) is 0 Å². The molecular formula is C100H82Cl4F2N16O12S4. The van der Waals surface area contributed by atoms with E-state index in [9.17, 15) is 61.6 Å². The van der Waals surface area contributed by atoms with E-state index in [1.54, 1.807) is 110 Å². The topological polar surface area (TPSA) is 369 Å². The van der Waals surface area contributed by atoms with Gasteiger partial charge < -0.3 is 21.3 Å². The van der Waals surface area contributed by atoms with Crippen LogP contribution in [-0.4, -0.2) is 146 Å². The van der Waals surface area contributed by atoms with Crippen molar-refractivity contribution in [1.82, 2.24) is 39.9 Å². The lowest BCUT2D eigenvalue weighted by Crippen LogP contribution is -2.37. The molecule has 0 aliphatic carbocycles. The molecule has 16 aromatic rings. The molecule has 20 rings (SSSR count). The minimum atomic E-state index is -3.47. The molecule has 4 amide bonds. The van der Waals surface area contributed by atoms with Gasteiger partial charge in [-0.25, -0.2) is 72.4 Å². The number of fused-ring (bicyclic) bond motifs is 4. The van der Waals surface area contributed by atoms with E-state index in [0.717, 1.165) is 80.1 Å². The molecule has 4 aliphatic rings. The second-order valence-corrected chi connectivity index (χ2v) is 42.1. The van der Waals surface area contributed by atoms with Gasteiger partial charge in [0.1, 0.15) is 11.6 Å². The summed E-state index contributed by atoms with van der Waals surface area (Å²) in [6.45, 7) is 1.40. The molecule has 4 N–H and O–H groups in total. The third kappa shape index (κ3) is 22.1. The number of halogens is 6. The van der Waals surface area contributed by atoms with Gasteiger partial charge in [0.25, 0.3) is 23.6 Å². The van der Waals surface area contributed by atoms with Crippen molar-refractivity contribution in [2.75, 3.05) is 87.7 Å². The van der Waals surface area contributed by atoms with Gasteiger partial charge in [0.05, 0.1) is 133 Å². The van der Waals surface area contributed by atoms with Crippen LogP contribution in [-0.2, 0) is 40.1 Å². The molecule has 38 heteroatoms. The molecule has 700 valence electrons. The van der Waals surface area contributed by atoms with Gasteiger partial charge in [0.15, 0.2) is 11.6 Å². The minimum Gasteiger partial charge on any atom is -0.322 e. The summed E-state index contributed by atoms with van der Waals surface area (Å²) in [6.07, 6.45) is 12.3. The molecule has 6 aromatic heterocycles. The van der Waals surface area contributed by atoms with Crippen molar-refractivity contribution in [3.05, 3.63) is 334 Å². The van der Waals surface area contributed by atoms with Gasteiger partial charge in [0.2, 0.25) is 40.1 Å².